The van der Waals surface area contributed by atoms with Gasteiger partial charge in [-0.2, -0.15) is 0 Å². The number of aliphatic carboxylic acids is 1. The number of benzene rings is 4. The molecule has 1 fully saturated rings. The molecule has 1 aliphatic heterocycles. The van der Waals surface area contributed by atoms with Crippen molar-refractivity contribution >= 4 is 29.0 Å². The van der Waals surface area contributed by atoms with Crippen LogP contribution in [0.25, 0.3) is 0 Å². The van der Waals surface area contributed by atoms with Crippen molar-refractivity contribution in [3.8, 4) is 0 Å². The molecule has 10 nitrogen and oxygen atoms in total. The summed E-state index contributed by atoms with van der Waals surface area (Å²) in [5, 5.41) is 35.4. The second-order valence-electron chi connectivity index (χ2n) is 10.6. The van der Waals surface area contributed by atoms with Crippen LogP contribution in [-0.4, -0.2) is 56.3 Å². The van der Waals surface area contributed by atoms with E-state index in [2.05, 4.69) is 15.2 Å². The summed E-state index contributed by atoms with van der Waals surface area (Å²) in [6.45, 7) is 1.45. The Bertz CT molecular complexity index is 1640. The molecule has 0 spiro atoms. The van der Waals surface area contributed by atoms with Crippen LogP contribution in [0.1, 0.15) is 41.2 Å². The first-order valence-electron chi connectivity index (χ1n) is 14.3. The third-order valence-electron chi connectivity index (χ3n) is 7.65. The number of hydrogen-bond acceptors (Lipinski definition) is 7. The Hall–Kier alpha value is -5.19. The number of carboxylic acid groups (broad SMARTS) is 1. The van der Waals surface area contributed by atoms with E-state index < -0.39 is 23.0 Å². The molecule has 1 amide bonds. The summed E-state index contributed by atoms with van der Waals surface area (Å²) in [6, 6.07) is 29.0. The number of nitro benzene ring substituents is 1. The van der Waals surface area contributed by atoms with E-state index in [0.717, 1.165) is 18.5 Å². The molecule has 0 radical (unpaired) electrons. The van der Waals surface area contributed by atoms with Crippen LogP contribution in [0, 0.1) is 10.1 Å². The van der Waals surface area contributed by atoms with Crippen molar-refractivity contribution in [2.24, 2.45) is 4.99 Å². The molecule has 0 bridgehead atoms. The maximum atomic E-state index is 13.7. The first kappa shape index (κ1) is 30.3. The molecule has 224 valence electrons. The standard InChI is InChI=1S/C34H32N4O6/c39-32(25-17-19-26(20-18-25)38(43)44)31(34(41)42)36-30(24-12-5-2-6-13-24)27-14-7-8-15-28(27)35-33(40)29-16-9-21-37(29)22-23-10-3-1-4-11-23/h1-8,10-15,17-20,29,31-32,39H,9,16,21-22H2,(H,35,40)(H,41,42)/t29-,31-,32+/m0/s1. The van der Waals surface area contributed by atoms with Gasteiger partial charge in [-0.15, -0.1) is 0 Å². The lowest BCUT2D eigenvalue weighted by atomic mass is 9.98. The fourth-order valence-corrected chi connectivity index (χ4v) is 5.42. The molecule has 0 aromatic heterocycles. The number of aliphatic hydroxyl groups excluding tert-OH is 1. The van der Waals surface area contributed by atoms with E-state index >= 15 is 0 Å². The minimum atomic E-state index is -1.65. The summed E-state index contributed by atoms with van der Waals surface area (Å²) >= 11 is 0. The van der Waals surface area contributed by atoms with Crippen LogP contribution in [0.4, 0.5) is 11.4 Å². The number of likely N-dealkylation sites (tertiary alicyclic amines) is 1. The minimum Gasteiger partial charge on any atom is -0.480 e. The first-order valence-corrected chi connectivity index (χ1v) is 14.3. The predicted molar refractivity (Wildman–Crippen MR) is 167 cm³/mol. The number of aliphatic hydroxyl groups is 1. The van der Waals surface area contributed by atoms with Crippen molar-refractivity contribution in [2.45, 2.75) is 37.6 Å². The van der Waals surface area contributed by atoms with E-state index in [1.54, 1.807) is 48.5 Å². The lowest BCUT2D eigenvalue weighted by molar-refractivity contribution is -0.384. The van der Waals surface area contributed by atoms with Crippen LogP contribution in [-0.2, 0) is 16.1 Å². The molecule has 1 heterocycles. The van der Waals surface area contributed by atoms with Crippen molar-refractivity contribution in [1.29, 1.82) is 0 Å². The highest BCUT2D eigenvalue weighted by atomic mass is 16.6. The molecular weight excluding hydrogens is 560 g/mol. The Kier molecular flexibility index (Phi) is 9.53. The first-order chi connectivity index (χ1) is 21.3. The quantitative estimate of drug-likeness (QED) is 0.123. The minimum absolute atomic E-state index is 0.167. The number of carbonyl (C=O) groups excluding carboxylic acids is 1. The fourth-order valence-electron chi connectivity index (χ4n) is 5.42. The zero-order valence-electron chi connectivity index (χ0n) is 23.8. The predicted octanol–water partition coefficient (Wildman–Crippen LogP) is 5.22. The van der Waals surface area contributed by atoms with Gasteiger partial charge in [-0.05, 0) is 48.7 Å². The monoisotopic (exact) mass is 592 g/mol. The topological polar surface area (TPSA) is 145 Å². The molecule has 10 heteroatoms. The normalized spacial score (nSPS) is 16.7. The summed E-state index contributed by atoms with van der Waals surface area (Å²) in [4.78, 5) is 43.3. The highest BCUT2D eigenvalue weighted by molar-refractivity contribution is 6.17. The van der Waals surface area contributed by atoms with Gasteiger partial charge in [-0.25, -0.2) is 4.79 Å². The largest absolute Gasteiger partial charge is 0.480 e. The Morgan fingerprint density at radius 1 is 0.932 bits per heavy atom. The van der Waals surface area contributed by atoms with Crippen LogP contribution in [0.2, 0.25) is 0 Å². The van der Waals surface area contributed by atoms with E-state index in [1.807, 2.05) is 36.4 Å². The number of non-ortho nitro benzene ring substituents is 1. The molecular formula is C34H32N4O6. The zero-order chi connectivity index (χ0) is 31.1. The number of aliphatic imine (C=N–C) groups is 1. The average Bonchev–Trinajstić information content (AvgIpc) is 3.51. The summed E-state index contributed by atoms with van der Waals surface area (Å²) in [5.41, 5.74) is 2.90. The summed E-state index contributed by atoms with van der Waals surface area (Å²) in [6.07, 6.45) is 0.00593. The highest BCUT2D eigenvalue weighted by Gasteiger charge is 2.32. The van der Waals surface area contributed by atoms with E-state index in [1.165, 1.54) is 24.3 Å². The van der Waals surface area contributed by atoms with Gasteiger partial charge in [0.25, 0.3) is 5.69 Å². The van der Waals surface area contributed by atoms with Gasteiger partial charge in [-0.1, -0.05) is 78.9 Å². The number of nitro groups is 1. The lowest BCUT2D eigenvalue weighted by Gasteiger charge is -2.24. The average molecular weight is 593 g/mol. The molecule has 3 N–H and O–H groups in total. The molecule has 1 saturated heterocycles. The summed E-state index contributed by atoms with van der Waals surface area (Å²) < 4.78 is 0. The van der Waals surface area contributed by atoms with Gasteiger partial charge in [0.2, 0.25) is 5.91 Å². The summed E-state index contributed by atoms with van der Waals surface area (Å²) in [5.74, 6) is -1.55. The number of carboxylic acids is 1. The number of amides is 1. The number of para-hydroxylation sites is 1. The Labute approximate surface area is 254 Å². The number of anilines is 1. The molecule has 0 saturated carbocycles. The third-order valence-corrected chi connectivity index (χ3v) is 7.65. The molecule has 5 rings (SSSR count). The second-order valence-corrected chi connectivity index (χ2v) is 10.6. The van der Waals surface area contributed by atoms with Crippen molar-refractivity contribution in [3.63, 3.8) is 0 Å². The zero-order valence-corrected chi connectivity index (χ0v) is 23.8. The molecule has 4 aromatic carbocycles. The van der Waals surface area contributed by atoms with Crippen LogP contribution < -0.4 is 5.32 Å². The number of carbonyl (C=O) groups is 2. The Morgan fingerprint density at radius 2 is 1.57 bits per heavy atom. The number of hydrogen-bond donors (Lipinski definition) is 3. The van der Waals surface area contributed by atoms with E-state index in [-0.39, 0.29) is 28.9 Å². The van der Waals surface area contributed by atoms with Gasteiger partial charge in [0.05, 0.1) is 22.4 Å². The van der Waals surface area contributed by atoms with Crippen LogP contribution in [0.5, 0.6) is 0 Å². The molecule has 0 aliphatic carbocycles. The second kappa shape index (κ2) is 13.9. The van der Waals surface area contributed by atoms with E-state index in [9.17, 15) is 29.9 Å². The maximum Gasteiger partial charge on any atom is 0.331 e. The van der Waals surface area contributed by atoms with Gasteiger partial charge in [0.15, 0.2) is 6.04 Å². The molecule has 4 aromatic rings. The van der Waals surface area contributed by atoms with E-state index in [4.69, 9.17) is 0 Å². The summed E-state index contributed by atoms with van der Waals surface area (Å²) in [7, 11) is 0. The van der Waals surface area contributed by atoms with Crippen molar-refractivity contribution in [2.75, 3.05) is 11.9 Å². The number of nitrogens with one attached hydrogen (secondary N) is 1. The van der Waals surface area contributed by atoms with Crippen LogP contribution >= 0.6 is 0 Å². The van der Waals surface area contributed by atoms with Crippen molar-refractivity contribution in [3.05, 3.63) is 142 Å². The van der Waals surface area contributed by atoms with Crippen molar-refractivity contribution < 1.29 is 24.7 Å². The van der Waals surface area contributed by atoms with E-state index in [0.29, 0.717) is 29.8 Å². The van der Waals surface area contributed by atoms with Crippen LogP contribution in [0.15, 0.2) is 114 Å². The SMILES string of the molecule is O=C(O)[C@@H](N=C(c1ccccc1)c1ccccc1NC(=O)[C@@H]1CCCN1Cc1ccccc1)[C@H](O)c1ccc([N+](=O)[O-])cc1. The molecule has 3 atom stereocenters. The van der Waals surface area contributed by atoms with Gasteiger partial charge in [-0.3, -0.25) is 24.8 Å². The van der Waals surface area contributed by atoms with Gasteiger partial charge in [0, 0.05) is 29.8 Å². The smallest absolute Gasteiger partial charge is 0.331 e. The fraction of sp³-hybridized carbons (Fsp3) is 0.206. The highest BCUT2D eigenvalue weighted by Crippen LogP contribution is 2.28. The lowest BCUT2D eigenvalue weighted by Crippen LogP contribution is -2.39. The third kappa shape index (κ3) is 7.05. The Morgan fingerprint density at radius 3 is 2.23 bits per heavy atom. The van der Waals surface area contributed by atoms with Crippen LogP contribution in [0.3, 0.4) is 0 Å². The Balaban J connectivity index is 1.48. The number of nitrogens with zero attached hydrogens (tertiary/aromatic N) is 3. The molecule has 0 unspecified atom stereocenters. The van der Waals surface area contributed by atoms with Gasteiger partial charge in [0.1, 0.15) is 6.10 Å². The molecule has 1 aliphatic rings. The van der Waals surface area contributed by atoms with Gasteiger partial charge < -0.3 is 15.5 Å². The number of rotatable bonds is 11. The maximum absolute atomic E-state index is 13.7. The molecule has 44 heavy (non-hydrogen) atoms. The van der Waals surface area contributed by atoms with Crippen molar-refractivity contribution in [1.82, 2.24) is 4.90 Å². The van der Waals surface area contributed by atoms with Gasteiger partial charge >= 0.3 is 5.97 Å².